The quantitative estimate of drug-likeness (QED) is 0.803. The van der Waals surface area contributed by atoms with Gasteiger partial charge in [0.05, 0.1) is 6.04 Å². The van der Waals surface area contributed by atoms with E-state index in [2.05, 4.69) is 5.16 Å². The maximum atomic E-state index is 5.69. The molecule has 2 aromatic rings. The third kappa shape index (κ3) is 2.11. The van der Waals surface area contributed by atoms with Gasteiger partial charge >= 0.3 is 0 Å². The first-order valence-corrected chi connectivity index (χ1v) is 5.01. The van der Waals surface area contributed by atoms with Crippen LogP contribution in [0.2, 0.25) is 0 Å². The van der Waals surface area contributed by atoms with Gasteiger partial charge in [0.2, 0.25) is 0 Å². The Morgan fingerprint density at radius 3 is 2.73 bits per heavy atom. The van der Waals surface area contributed by atoms with Gasteiger partial charge in [-0.15, -0.1) is 0 Å². The lowest BCUT2D eigenvalue weighted by Gasteiger charge is -1.95. The molecular weight excluding hydrogens is 208 g/mol. The molecule has 1 aromatic carbocycles. The van der Waals surface area contributed by atoms with Crippen LogP contribution in [0.3, 0.4) is 0 Å². The maximum Gasteiger partial charge on any atom is 0.158 e. The second kappa shape index (κ2) is 4.33. The number of aromatic nitrogens is 1. The number of thiocarbonyl (C=S) groups is 1. The van der Waals surface area contributed by atoms with Crippen molar-refractivity contribution in [3.05, 3.63) is 42.2 Å². The van der Waals surface area contributed by atoms with Gasteiger partial charge in [-0.2, -0.15) is 0 Å². The van der Waals surface area contributed by atoms with Crippen molar-refractivity contribution >= 4 is 17.6 Å². The molecular formula is C11H10N2OS. The lowest BCUT2D eigenvalue weighted by Crippen LogP contribution is -2.08. The summed E-state index contributed by atoms with van der Waals surface area (Å²) in [4.78, 5) is 0. The normalized spacial score (nSPS) is 12.3. The Labute approximate surface area is 92.9 Å². The predicted molar refractivity (Wildman–Crippen MR) is 62.5 cm³/mol. The summed E-state index contributed by atoms with van der Waals surface area (Å²) in [5.41, 5.74) is 7.47. The first-order chi connectivity index (χ1) is 7.31. The molecule has 0 saturated carbocycles. The molecule has 15 heavy (non-hydrogen) atoms. The Morgan fingerprint density at radius 2 is 2.07 bits per heavy atom. The predicted octanol–water partition coefficient (Wildman–Crippen LogP) is 2.34. The van der Waals surface area contributed by atoms with Crippen molar-refractivity contribution in [3.63, 3.8) is 0 Å². The Hall–Kier alpha value is -1.52. The average molecular weight is 218 g/mol. The van der Waals surface area contributed by atoms with Crippen LogP contribution in [0.5, 0.6) is 0 Å². The van der Waals surface area contributed by atoms with Crippen molar-refractivity contribution in [2.75, 3.05) is 0 Å². The number of nitrogens with two attached hydrogens (primary N) is 1. The van der Waals surface area contributed by atoms with E-state index in [-0.39, 0.29) is 6.04 Å². The van der Waals surface area contributed by atoms with Crippen molar-refractivity contribution < 1.29 is 4.52 Å². The van der Waals surface area contributed by atoms with Crippen LogP contribution in [0.25, 0.3) is 11.3 Å². The fourth-order valence-corrected chi connectivity index (χ4v) is 1.39. The van der Waals surface area contributed by atoms with Crippen LogP contribution in [-0.4, -0.2) is 10.5 Å². The molecule has 1 atom stereocenters. The van der Waals surface area contributed by atoms with E-state index in [9.17, 15) is 0 Å². The molecule has 3 nitrogen and oxygen atoms in total. The smallest absolute Gasteiger partial charge is 0.158 e. The van der Waals surface area contributed by atoms with Crippen LogP contribution >= 0.6 is 12.2 Å². The highest BCUT2D eigenvalue weighted by Crippen LogP contribution is 2.20. The van der Waals surface area contributed by atoms with Crippen molar-refractivity contribution in [1.82, 2.24) is 5.16 Å². The average Bonchev–Trinajstić information content (AvgIpc) is 2.78. The van der Waals surface area contributed by atoms with E-state index in [0.29, 0.717) is 5.76 Å². The third-order valence-corrected chi connectivity index (χ3v) is 2.37. The van der Waals surface area contributed by atoms with Crippen molar-refractivity contribution in [1.29, 1.82) is 0 Å². The number of nitrogens with zero attached hydrogens (tertiary/aromatic N) is 1. The van der Waals surface area contributed by atoms with Crippen LogP contribution in [0.1, 0.15) is 11.8 Å². The monoisotopic (exact) mass is 218 g/mol. The summed E-state index contributed by atoms with van der Waals surface area (Å²) in [6.45, 7) is 0. The summed E-state index contributed by atoms with van der Waals surface area (Å²) in [6, 6.07) is 11.2. The highest BCUT2D eigenvalue weighted by molar-refractivity contribution is 7.79. The van der Waals surface area contributed by atoms with Crippen LogP contribution in [0, 0.1) is 0 Å². The van der Waals surface area contributed by atoms with Crippen LogP contribution in [-0.2, 0) is 0 Å². The fraction of sp³-hybridized carbons (Fsp3) is 0.0909. The third-order valence-electron chi connectivity index (χ3n) is 2.07. The summed E-state index contributed by atoms with van der Waals surface area (Å²) in [5.74, 6) is 0.587. The highest BCUT2D eigenvalue weighted by Gasteiger charge is 2.10. The fourth-order valence-electron chi connectivity index (χ4n) is 1.26. The molecule has 76 valence electrons. The van der Waals surface area contributed by atoms with Gasteiger partial charge in [-0.05, 0) is 0 Å². The van der Waals surface area contributed by atoms with E-state index in [1.807, 2.05) is 36.4 Å². The maximum absolute atomic E-state index is 5.69. The molecule has 0 aliphatic heterocycles. The first kappa shape index (κ1) is 10.0. The molecule has 1 aromatic heterocycles. The van der Waals surface area contributed by atoms with Gasteiger partial charge < -0.3 is 10.3 Å². The second-order valence-electron chi connectivity index (χ2n) is 3.14. The topological polar surface area (TPSA) is 52.0 Å². The zero-order chi connectivity index (χ0) is 10.7. The van der Waals surface area contributed by atoms with Crippen molar-refractivity contribution in [3.8, 4) is 11.3 Å². The van der Waals surface area contributed by atoms with Gasteiger partial charge in [-0.3, -0.25) is 0 Å². The van der Waals surface area contributed by atoms with Crippen molar-refractivity contribution in [2.24, 2.45) is 5.73 Å². The molecule has 0 aliphatic carbocycles. The minimum atomic E-state index is -0.370. The summed E-state index contributed by atoms with van der Waals surface area (Å²) in [7, 11) is 0. The summed E-state index contributed by atoms with van der Waals surface area (Å²) in [5, 5.41) is 5.39. The molecule has 0 aliphatic rings. The van der Waals surface area contributed by atoms with E-state index in [1.54, 1.807) is 0 Å². The van der Waals surface area contributed by atoms with Gasteiger partial charge in [0, 0.05) is 17.0 Å². The molecule has 0 spiro atoms. The van der Waals surface area contributed by atoms with Gasteiger partial charge in [0.1, 0.15) is 5.69 Å². The standard InChI is InChI=1S/C11H10N2OS/c12-9(7-15)11-6-10(13-14-11)8-4-2-1-3-5-8/h1-7,9H,12H2. The van der Waals surface area contributed by atoms with Gasteiger partial charge in [-0.25, -0.2) is 0 Å². The minimum Gasteiger partial charge on any atom is -0.359 e. The lowest BCUT2D eigenvalue weighted by atomic mass is 10.1. The summed E-state index contributed by atoms with van der Waals surface area (Å²) >= 11 is 4.74. The number of rotatable bonds is 3. The first-order valence-electron chi connectivity index (χ1n) is 4.54. The van der Waals surface area contributed by atoms with E-state index in [0.717, 1.165) is 11.3 Å². The Kier molecular flexibility index (Phi) is 2.89. The molecule has 2 rings (SSSR count). The minimum absolute atomic E-state index is 0.370. The van der Waals surface area contributed by atoms with E-state index < -0.39 is 0 Å². The molecule has 0 fully saturated rings. The zero-order valence-corrected chi connectivity index (χ0v) is 8.78. The Morgan fingerprint density at radius 1 is 1.33 bits per heavy atom. The van der Waals surface area contributed by atoms with Crippen LogP contribution in [0.15, 0.2) is 40.9 Å². The second-order valence-corrected chi connectivity index (χ2v) is 3.41. The summed E-state index contributed by atoms with van der Waals surface area (Å²) < 4.78 is 5.10. The molecule has 0 amide bonds. The molecule has 0 radical (unpaired) electrons. The van der Waals surface area contributed by atoms with Gasteiger partial charge in [0.15, 0.2) is 5.76 Å². The Balaban J connectivity index is 2.32. The number of hydrogen-bond donors (Lipinski definition) is 1. The van der Waals surface area contributed by atoms with Crippen LogP contribution in [0.4, 0.5) is 0 Å². The number of benzene rings is 1. The SMILES string of the molecule is NC(C=S)c1cc(-c2ccccc2)no1. The van der Waals surface area contributed by atoms with E-state index >= 15 is 0 Å². The van der Waals surface area contributed by atoms with E-state index in [4.69, 9.17) is 22.5 Å². The van der Waals surface area contributed by atoms with E-state index in [1.165, 1.54) is 5.37 Å². The summed E-state index contributed by atoms with van der Waals surface area (Å²) in [6.07, 6.45) is 0. The molecule has 1 heterocycles. The Bertz CT molecular complexity index is 453. The van der Waals surface area contributed by atoms with Gasteiger partial charge in [-0.1, -0.05) is 47.7 Å². The number of hydrogen-bond acceptors (Lipinski definition) is 4. The molecule has 0 saturated heterocycles. The zero-order valence-electron chi connectivity index (χ0n) is 7.96. The van der Waals surface area contributed by atoms with Crippen molar-refractivity contribution in [2.45, 2.75) is 6.04 Å². The highest BCUT2D eigenvalue weighted by atomic mass is 32.1. The molecule has 2 N–H and O–H groups in total. The molecule has 0 bridgehead atoms. The molecule has 4 heteroatoms. The van der Waals surface area contributed by atoms with Crippen LogP contribution < -0.4 is 5.73 Å². The van der Waals surface area contributed by atoms with Gasteiger partial charge in [0.25, 0.3) is 0 Å². The molecule has 1 unspecified atom stereocenters. The largest absolute Gasteiger partial charge is 0.359 e. The lowest BCUT2D eigenvalue weighted by molar-refractivity contribution is 0.382.